The lowest BCUT2D eigenvalue weighted by Crippen LogP contribution is -2.27. The molecule has 1 atom stereocenters. The zero-order valence-electron chi connectivity index (χ0n) is 12.1. The van der Waals surface area contributed by atoms with Gasteiger partial charge in [0.15, 0.2) is 6.17 Å². The SMILES string of the molecule is CCCCCCCC1N=NC(c2ccccc2)=CN1O. The van der Waals surface area contributed by atoms with Crippen LogP contribution in [-0.4, -0.2) is 16.4 Å². The molecular formula is C16H23N3O. The smallest absolute Gasteiger partial charge is 0.166 e. The van der Waals surface area contributed by atoms with Gasteiger partial charge in [-0.3, -0.25) is 5.21 Å². The Morgan fingerprint density at radius 1 is 1.10 bits per heavy atom. The van der Waals surface area contributed by atoms with Crippen molar-refractivity contribution in [3.63, 3.8) is 0 Å². The van der Waals surface area contributed by atoms with E-state index in [-0.39, 0.29) is 6.17 Å². The van der Waals surface area contributed by atoms with Gasteiger partial charge >= 0.3 is 0 Å². The molecule has 108 valence electrons. The Bertz CT molecular complexity index is 456. The number of benzene rings is 1. The first-order chi connectivity index (χ1) is 9.81. The molecule has 1 heterocycles. The second kappa shape index (κ2) is 7.80. The number of hydrogen-bond acceptors (Lipinski definition) is 4. The van der Waals surface area contributed by atoms with Gasteiger partial charge in [0.25, 0.3) is 0 Å². The minimum Gasteiger partial charge on any atom is -0.287 e. The van der Waals surface area contributed by atoms with Crippen LogP contribution < -0.4 is 0 Å². The number of hydrogen-bond donors (Lipinski definition) is 1. The third-order valence-corrected chi connectivity index (χ3v) is 3.49. The van der Waals surface area contributed by atoms with Crippen LogP contribution in [0.1, 0.15) is 51.0 Å². The highest BCUT2D eigenvalue weighted by Gasteiger charge is 2.18. The van der Waals surface area contributed by atoms with Crippen molar-refractivity contribution >= 4 is 5.70 Å². The fourth-order valence-corrected chi connectivity index (χ4v) is 2.28. The minimum absolute atomic E-state index is 0.232. The summed E-state index contributed by atoms with van der Waals surface area (Å²) in [5.41, 5.74) is 1.67. The molecule has 0 spiro atoms. The van der Waals surface area contributed by atoms with Crippen LogP contribution in [-0.2, 0) is 0 Å². The summed E-state index contributed by atoms with van der Waals surface area (Å²) >= 11 is 0. The van der Waals surface area contributed by atoms with Gasteiger partial charge in [-0.05, 0) is 12.8 Å². The van der Waals surface area contributed by atoms with E-state index in [1.54, 1.807) is 6.20 Å². The Kier molecular flexibility index (Phi) is 5.74. The number of unbranched alkanes of at least 4 members (excludes halogenated alkanes) is 4. The topological polar surface area (TPSA) is 48.2 Å². The van der Waals surface area contributed by atoms with Crippen molar-refractivity contribution in [1.82, 2.24) is 5.06 Å². The molecule has 1 aliphatic rings. The van der Waals surface area contributed by atoms with E-state index in [0.29, 0.717) is 5.70 Å². The quantitative estimate of drug-likeness (QED) is 0.723. The van der Waals surface area contributed by atoms with E-state index in [1.807, 2.05) is 30.3 Å². The van der Waals surface area contributed by atoms with Crippen LogP contribution >= 0.6 is 0 Å². The molecule has 0 fully saturated rings. The molecule has 0 aliphatic carbocycles. The lowest BCUT2D eigenvalue weighted by molar-refractivity contribution is -0.0831. The molecule has 4 nitrogen and oxygen atoms in total. The Balaban J connectivity index is 1.83. The first kappa shape index (κ1) is 14.7. The van der Waals surface area contributed by atoms with Crippen molar-refractivity contribution < 1.29 is 5.21 Å². The molecular weight excluding hydrogens is 250 g/mol. The number of azo groups is 1. The van der Waals surface area contributed by atoms with Crippen LogP contribution in [0.3, 0.4) is 0 Å². The van der Waals surface area contributed by atoms with Gasteiger partial charge in [-0.1, -0.05) is 62.9 Å². The molecule has 4 heteroatoms. The molecule has 0 amide bonds. The third-order valence-electron chi connectivity index (χ3n) is 3.49. The summed E-state index contributed by atoms with van der Waals surface area (Å²) in [7, 11) is 0. The minimum atomic E-state index is -0.232. The standard InChI is InChI=1S/C16H23N3O/c1-2-3-4-5-9-12-16-18-17-15(13-19(16)20)14-10-7-6-8-11-14/h6-8,10-11,13,16,20H,2-5,9,12H2,1H3. The van der Waals surface area contributed by atoms with Crippen molar-refractivity contribution in [2.75, 3.05) is 0 Å². The first-order valence-electron chi connectivity index (χ1n) is 7.46. The van der Waals surface area contributed by atoms with Crippen molar-refractivity contribution in [1.29, 1.82) is 0 Å². The fraction of sp³-hybridized carbons (Fsp3) is 0.500. The number of rotatable bonds is 7. The average Bonchev–Trinajstić information content (AvgIpc) is 2.49. The van der Waals surface area contributed by atoms with E-state index < -0.39 is 0 Å². The Morgan fingerprint density at radius 3 is 2.55 bits per heavy atom. The highest BCUT2D eigenvalue weighted by Crippen LogP contribution is 2.24. The van der Waals surface area contributed by atoms with Crippen molar-refractivity contribution in [2.45, 2.75) is 51.6 Å². The van der Waals surface area contributed by atoms with Crippen molar-refractivity contribution in [3.8, 4) is 0 Å². The second-order valence-electron chi connectivity index (χ2n) is 5.16. The number of nitrogens with zero attached hydrogens (tertiary/aromatic N) is 3. The maximum atomic E-state index is 10.0. The molecule has 1 unspecified atom stereocenters. The third kappa shape index (κ3) is 4.17. The summed E-state index contributed by atoms with van der Waals surface area (Å²) < 4.78 is 0. The predicted molar refractivity (Wildman–Crippen MR) is 80.1 cm³/mol. The highest BCUT2D eigenvalue weighted by atomic mass is 16.5. The molecule has 0 aromatic heterocycles. The summed E-state index contributed by atoms with van der Waals surface area (Å²) in [5, 5.41) is 19.6. The lowest BCUT2D eigenvalue weighted by atomic mass is 10.1. The molecule has 0 bridgehead atoms. The molecule has 20 heavy (non-hydrogen) atoms. The molecule has 0 radical (unpaired) electrons. The second-order valence-corrected chi connectivity index (χ2v) is 5.16. The maximum absolute atomic E-state index is 10.0. The van der Waals surface area contributed by atoms with Gasteiger partial charge in [0, 0.05) is 5.56 Å². The van der Waals surface area contributed by atoms with Gasteiger partial charge in [-0.25, -0.2) is 5.06 Å². The van der Waals surface area contributed by atoms with E-state index in [2.05, 4.69) is 17.2 Å². The maximum Gasteiger partial charge on any atom is 0.166 e. The summed E-state index contributed by atoms with van der Waals surface area (Å²) in [6.07, 6.45) is 8.35. The predicted octanol–water partition coefficient (Wildman–Crippen LogP) is 4.83. The van der Waals surface area contributed by atoms with E-state index in [9.17, 15) is 5.21 Å². The van der Waals surface area contributed by atoms with Crippen LogP contribution in [0, 0.1) is 0 Å². The van der Waals surface area contributed by atoms with Crippen LogP contribution in [0.2, 0.25) is 0 Å². The molecule has 1 aliphatic heterocycles. The van der Waals surface area contributed by atoms with E-state index in [0.717, 1.165) is 18.4 Å². The Labute approximate surface area is 120 Å². The molecule has 1 aromatic carbocycles. The van der Waals surface area contributed by atoms with Gasteiger partial charge in [0.1, 0.15) is 5.70 Å². The Hall–Kier alpha value is -1.68. The van der Waals surface area contributed by atoms with Crippen LogP contribution in [0.5, 0.6) is 0 Å². The largest absolute Gasteiger partial charge is 0.287 e. The van der Waals surface area contributed by atoms with Gasteiger partial charge < -0.3 is 0 Å². The normalized spacial score (nSPS) is 18.2. The van der Waals surface area contributed by atoms with E-state index in [4.69, 9.17) is 0 Å². The van der Waals surface area contributed by atoms with Crippen LogP contribution in [0.15, 0.2) is 46.8 Å². The average molecular weight is 273 g/mol. The molecule has 2 rings (SSSR count). The van der Waals surface area contributed by atoms with Gasteiger partial charge in [-0.15, -0.1) is 0 Å². The van der Waals surface area contributed by atoms with Crippen molar-refractivity contribution in [2.24, 2.45) is 10.2 Å². The summed E-state index contributed by atoms with van der Waals surface area (Å²) in [4.78, 5) is 0. The number of hydroxylamine groups is 2. The monoisotopic (exact) mass is 273 g/mol. The zero-order chi connectivity index (χ0) is 14.2. The van der Waals surface area contributed by atoms with Gasteiger partial charge in [0.05, 0.1) is 6.20 Å². The summed E-state index contributed by atoms with van der Waals surface area (Å²) in [6, 6.07) is 9.79. The molecule has 0 saturated heterocycles. The summed E-state index contributed by atoms with van der Waals surface area (Å²) in [5.74, 6) is 0. The lowest BCUT2D eigenvalue weighted by Gasteiger charge is -2.24. The van der Waals surface area contributed by atoms with Crippen LogP contribution in [0.25, 0.3) is 5.70 Å². The van der Waals surface area contributed by atoms with E-state index in [1.165, 1.54) is 30.7 Å². The Morgan fingerprint density at radius 2 is 1.85 bits per heavy atom. The van der Waals surface area contributed by atoms with Crippen LogP contribution in [0.4, 0.5) is 0 Å². The summed E-state index contributed by atoms with van der Waals surface area (Å²) in [6.45, 7) is 2.21. The van der Waals surface area contributed by atoms with Crippen molar-refractivity contribution in [3.05, 3.63) is 42.1 Å². The van der Waals surface area contributed by atoms with Gasteiger partial charge in [0.2, 0.25) is 0 Å². The molecule has 0 saturated carbocycles. The highest BCUT2D eigenvalue weighted by molar-refractivity contribution is 5.63. The first-order valence-corrected chi connectivity index (χ1v) is 7.46. The van der Waals surface area contributed by atoms with E-state index >= 15 is 0 Å². The fourth-order valence-electron chi connectivity index (χ4n) is 2.28. The zero-order valence-corrected chi connectivity index (χ0v) is 12.1. The van der Waals surface area contributed by atoms with Gasteiger partial charge in [-0.2, -0.15) is 10.2 Å². The molecule has 1 N–H and O–H groups in total. The molecule has 1 aromatic rings.